The molecule has 2 aromatic rings. The van der Waals surface area contributed by atoms with Crippen molar-refractivity contribution in [2.45, 2.75) is 201 Å². The van der Waals surface area contributed by atoms with E-state index in [1.54, 1.807) is 0 Å². The third-order valence-electron chi connectivity index (χ3n) is 10.3. The first kappa shape index (κ1) is 43.9. The van der Waals surface area contributed by atoms with Gasteiger partial charge in [-0.05, 0) is 0 Å². The van der Waals surface area contributed by atoms with Gasteiger partial charge in [-0.3, -0.25) is 0 Å². The summed E-state index contributed by atoms with van der Waals surface area (Å²) in [6, 6.07) is 7.68. The maximum absolute atomic E-state index is 16.8. The van der Waals surface area contributed by atoms with E-state index in [0.29, 0.717) is 12.8 Å². The molecule has 0 fully saturated rings. The molecule has 0 radical (unpaired) electrons. The summed E-state index contributed by atoms with van der Waals surface area (Å²) in [6.07, 6.45) is 50.4. The summed E-state index contributed by atoms with van der Waals surface area (Å²) < 4.78 is 36.1. The second-order valence-electron chi connectivity index (χ2n) is 14.7. The molecule has 2 rings (SSSR count). The number of hydrogen-bond acceptors (Lipinski definition) is 0. The van der Waals surface area contributed by atoms with E-state index in [4.69, 9.17) is 0 Å². The van der Waals surface area contributed by atoms with Gasteiger partial charge in [0.25, 0.3) is 0 Å². The average molecular weight is 762 g/mol. The number of unbranched alkanes of at least 4 members (excludes halogenated alkanes) is 22. The Labute approximate surface area is 308 Å². The van der Waals surface area contributed by atoms with E-state index in [1.807, 2.05) is 58.2 Å². The third-order valence-corrected chi connectivity index (χ3v) is 17.6. The summed E-state index contributed by atoms with van der Waals surface area (Å²) in [6.45, 7) is 4.54. The Hall–Kier alpha value is -1.22. The Morgan fingerprint density at radius 1 is 0.408 bits per heavy atom. The summed E-state index contributed by atoms with van der Waals surface area (Å²) in [5.41, 5.74) is 0. The van der Waals surface area contributed by atoms with Crippen molar-refractivity contribution < 1.29 is 26.7 Å². The van der Waals surface area contributed by atoms with Crippen molar-refractivity contribution in [3.8, 4) is 0 Å². The van der Waals surface area contributed by atoms with Crippen molar-refractivity contribution in [3.63, 3.8) is 0 Å². The van der Waals surface area contributed by atoms with Gasteiger partial charge in [-0.25, -0.2) is 0 Å². The Bertz CT molecular complexity index is 934. The van der Waals surface area contributed by atoms with Crippen molar-refractivity contribution in [2.75, 3.05) is 0 Å². The van der Waals surface area contributed by atoms with Crippen LogP contribution in [0.3, 0.4) is 0 Å². The van der Waals surface area contributed by atoms with Gasteiger partial charge >= 0.3 is 232 Å². The second kappa shape index (κ2) is 30.4. The minimum absolute atomic E-state index is 0.607. The number of hydrogen-bond donors (Lipinski definition) is 0. The number of nitrogens with zero attached hydrogens (tertiary/aromatic N) is 2. The van der Waals surface area contributed by atoms with E-state index in [0.717, 1.165) is 51.4 Å². The standard InChI is InChI=1S/2C22H38N.2FH.Zr/c2*1-2-3-4-5-6-7-8-9-10-11-12-13-14-15-16-17-20-23-21-18-19-22-23;;;/h2*9-10,18-22H,2-8,11-17H2,1H3;2*1H;/q;;;;+2/p-2/b2*10-9-;;;. The van der Waals surface area contributed by atoms with Gasteiger partial charge in [0, 0.05) is 0 Å². The van der Waals surface area contributed by atoms with Crippen molar-refractivity contribution in [3.05, 3.63) is 73.4 Å². The van der Waals surface area contributed by atoms with E-state index < -0.39 is 29.0 Å². The van der Waals surface area contributed by atoms with Gasteiger partial charge < -0.3 is 0 Å². The predicted molar refractivity (Wildman–Crippen MR) is 208 cm³/mol. The molecule has 0 aromatic carbocycles. The van der Waals surface area contributed by atoms with Crippen LogP contribution in [0.5, 0.6) is 0 Å². The maximum atomic E-state index is 16.8. The quantitative estimate of drug-likeness (QED) is 0.0496. The Balaban J connectivity index is 1.70. The molecule has 0 saturated carbocycles. The van der Waals surface area contributed by atoms with Gasteiger partial charge in [0.15, 0.2) is 0 Å². The van der Waals surface area contributed by atoms with Crippen LogP contribution in [0.4, 0.5) is 5.25 Å². The molecule has 0 amide bonds. The SMILES string of the molecule is CCCCCCCC/C=C\CCCCCCC[CH](n1cccc1)[Zr]([F])([F])[CH](CCCCCCC/C=C\CCCCCCCC)n1cccc1. The fourth-order valence-electron chi connectivity index (χ4n) is 7.23. The molecular formula is C44H76F2N2Zr. The molecule has 0 aliphatic heterocycles. The van der Waals surface area contributed by atoms with Crippen LogP contribution in [0.2, 0.25) is 0 Å². The summed E-state index contributed by atoms with van der Waals surface area (Å²) in [5, 5.41) is 0. The molecule has 0 spiro atoms. The van der Waals surface area contributed by atoms with Crippen LogP contribution in [-0.2, 0) is 21.5 Å². The molecule has 2 atom stereocenters. The van der Waals surface area contributed by atoms with Crippen molar-refractivity contribution in [2.24, 2.45) is 0 Å². The van der Waals surface area contributed by atoms with Gasteiger partial charge in [-0.15, -0.1) is 0 Å². The molecule has 2 unspecified atom stereocenters. The van der Waals surface area contributed by atoms with Crippen LogP contribution in [0.15, 0.2) is 73.4 Å². The second-order valence-corrected chi connectivity index (χ2v) is 21.3. The van der Waals surface area contributed by atoms with Gasteiger partial charge in [-0.2, -0.15) is 0 Å². The number of rotatable bonds is 34. The van der Waals surface area contributed by atoms with Crippen molar-refractivity contribution in [1.82, 2.24) is 9.13 Å². The van der Waals surface area contributed by atoms with Crippen molar-refractivity contribution in [1.29, 1.82) is 0 Å². The van der Waals surface area contributed by atoms with Crippen LogP contribution in [0.1, 0.15) is 201 Å². The van der Waals surface area contributed by atoms with Crippen LogP contribution >= 0.6 is 0 Å². The first-order valence-electron chi connectivity index (χ1n) is 21.0. The number of halogens is 2. The monoisotopic (exact) mass is 761 g/mol. The van der Waals surface area contributed by atoms with Crippen LogP contribution < -0.4 is 0 Å². The molecular weight excluding hydrogens is 686 g/mol. The molecule has 5 heteroatoms. The Kier molecular flexibility index (Phi) is 27.3. The molecule has 0 N–H and O–H groups in total. The first-order valence-corrected chi connectivity index (χ1v) is 25.7. The van der Waals surface area contributed by atoms with E-state index in [2.05, 4.69) is 38.2 Å². The van der Waals surface area contributed by atoms with E-state index in [-0.39, 0.29) is 0 Å². The molecule has 0 bridgehead atoms. The first-order chi connectivity index (χ1) is 24.1. The van der Waals surface area contributed by atoms with Gasteiger partial charge in [-0.1, -0.05) is 78.1 Å². The zero-order chi connectivity index (χ0) is 35.1. The molecule has 2 heterocycles. The number of allylic oxidation sites excluding steroid dienone is 4. The molecule has 2 nitrogen and oxygen atoms in total. The van der Waals surface area contributed by atoms with Gasteiger partial charge in [0.05, 0.1) is 0 Å². The fourth-order valence-corrected chi connectivity index (χ4v) is 14.0. The molecule has 2 aromatic heterocycles. The van der Waals surface area contributed by atoms with Gasteiger partial charge in [0.2, 0.25) is 0 Å². The zero-order valence-corrected chi connectivity index (χ0v) is 34.5. The summed E-state index contributed by atoms with van der Waals surface area (Å²) >= 11 is -5.62. The minimum atomic E-state index is -5.62. The molecule has 0 aliphatic rings. The van der Waals surface area contributed by atoms with E-state index >= 15 is 5.25 Å². The van der Waals surface area contributed by atoms with Crippen LogP contribution in [0.25, 0.3) is 0 Å². The molecule has 49 heavy (non-hydrogen) atoms. The summed E-state index contributed by atoms with van der Waals surface area (Å²) in [7, 11) is 0. The normalized spacial score (nSPS) is 13.6. The zero-order valence-electron chi connectivity index (χ0n) is 32.0. The molecule has 280 valence electrons. The predicted octanol–water partition coefficient (Wildman–Crippen LogP) is 16.0. The molecule has 0 saturated heterocycles. The Morgan fingerprint density at radius 2 is 0.673 bits per heavy atom. The van der Waals surface area contributed by atoms with E-state index in [1.165, 1.54) is 116 Å². The third kappa shape index (κ3) is 21.0. The topological polar surface area (TPSA) is 9.86 Å². The van der Waals surface area contributed by atoms with Gasteiger partial charge in [0.1, 0.15) is 0 Å². The number of aromatic nitrogens is 2. The summed E-state index contributed by atoms with van der Waals surface area (Å²) in [5.74, 6) is 0. The average Bonchev–Trinajstić information content (AvgIpc) is 3.83. The Morgan fingerprint density at radius 3 is 0.980 bits per heavy atom. The summed E-state index contributed by atoms with van der Waals surface area (Å²) in [4.78, 5) is 0. The van der Waals surface area contributed by atoms with Crippen LogP contribution in [0, 0.1) is 0 Å². The van der Waals surface area contributed by atoms with Crippen LogP contribution in [-0.4, -0.2) is 9.13 Å². The van der Waals surface area contributed by atoms with E-state index in [9.17, 15) is 0 Å². The van der Waals surface area contributed by atoms with Crippen molar-refractivity contribution >= 4 is 0 Å². The molecule has 0 aliphatic carbocycles. The fraction of sp³-hybridized carbons (Fsp3) is 0.727.